The predicted molar refractivity (Wildman–Crippen MR) is 107 cm³/mol. The molecule has 0 radical (unpaired) electrons. The molecular weight excluding hydrogens is 374 g/mol. The zero-order chi connectivity index (χ0) is 20.2. The Morgan fingerprint density at radius 2 is 1.76 bits per heavy atom. The van der Waals surface area contributed by atoms with Gasteiger partial charge in [0.25, 0.3) is 11.6 Å². The highest BCUT2D eigenvalue weighted by atomic mass is 16.6. The van der Waals surface area contributed by atoms with Crippen LogP contribution in [-0.4, -0.2) is 22.4 Å². The molecule has 0 saturated carbocycles. The Bertz CT molecular complexity index is 1130. The van der Waals surface area contributed by atoms with Crippen LogP contribution in [-0.2, 0) is 4.79 Å². The van der Waals surface area contributed by atoms with Gasteiger partial charge in [0.2, 0.25) is 5.89 Å². The van der Waals surface area contributed by atoms with Gasteiger partial charge < -0.3 is 14.5 Å². The second kappa shape index (κ2) is 7.81. The van der Waals surface area contributed by atoms with Crippen molar-refractivity contribution >= 4 is 28.4 Å². The number of hydrogen-bond acceptors (Lipinski definition) is 6. The maximum absolute atomic E-state index is 12.1. The number of oxazole rings is 1. The average molecular weight is 389 g/mol. The number of ether oxygens (including phenoxy) is 1. The number of aromatic nitrogens is 1. The minimum Gasteiger partial charge on any atom is -0.484 e. The van der Waals surface area contributed by atoms with E-state index in [1.807, 2.05) is 24.3 Å². The number of nitrogens with one attached hydrogen (secondary N) is 1. The van der Waals surface area contributed by atoms with E-state index in [0.717, 1.165) is 11.1 Å². The third kappa shape index (κ3) is 4.22. The van der Waals surface area contributed by atoms with E-state index in [9.17, 15) is 14.9 Å². The highest BCUT2D eigenvalue weighted by Gasteiger charge is 2.09. The van der Waals surface area contributed by atoms with E-state index in [-0.39, 0.29) is 18.2 Å². The summed E-state index contributed by atoms with van der Waals surface area (Å²) in [5.74, 6) is 0.528. The molecule has 0 saturated heterocycles. The molecule has 0 spiro atoms. The maximum atomic E-state index is 12.1. The number of nitro benzene ring substituents is 1. The summed E-state index contributed by atoms with van der Waals surface area (Å²) in [6, 6.07) is 20.1. The van der Waals surface area contributed by atoms with Gasteiger partial charge in [0.05, 0.1) is 4.92 Å². The van der Waals surface area contributed by atoms with Crippen molar-refractivity contribution in [2.75, 3.05) is 11.9 Å². The molecule has 0 aliphatic carbocycles. The molecule has 1 heterocycles. The molecule has 4 rings (SSSR count). The molecular formula is C21H15N3O5. The highest BCUT2D eigenvalue weighted by molar-refractivity contribution is 5.92. The normalized spacial score (nSPS) is 10.6. The van der Waals surface area contributed by atoms with E-state index >= 15 is 0 Å². The first kappa shape index (κ1) is 18.2. The maximum Gasteiger partial charge on any atom is 0.269 e. The van der Waals surface area contributed by atoms with E-state index in [4.69, 9.17) is 9.15 Å². The summed E-state index contributed by atoms with van der Waals surface area (Å²) in [4.78, 5) is 26.6. The highest BCUT2D eigenvalue weighted by Crippen LogP contribution is 2.25. The van der Waals surface area contributed by atoms with Crippen molar-refractivity contribution in [1.82, 2.24) is 4.98 Å². The molecule has 0 atom stereocenters. The zero-order valence-electron chi connectivity index (χ0n) is 15.1. The number of para-hydroxylation sites is 2. The Balaban J connectivity index is 1.35. The van der Waals surface area contributed by atoms with Crippen LogP contribution in [0.3, 0.4) is 0 Å². The molecule has 8 heteroatoms. The summed E-state index contributed by atoms with van der Waals surface area (Å²) in [6.45, 7) is -0.218. The number of nitrogens with zero attached hydrogens (tertiary/aromatic N) is 2. The van der Waals surface area contributed by atoms with Gasteiger partial charge in [-0.15, -0.1) is 0 Å². The lowest BCUT2D eigenvalue weighted by atomic mass is 10.2. The van der Waals surface area contributed by atoms with Crippen LogP contribution in [0.1, 0.15) is 0 Å². The fraction of sp³-hybridized carbons (Fsp3) is 0.0476. The molecule has 29 heavy (non-hydrogen) atoms. The lowest BCUT2D eigenvalue weighted by molar-refractivity contribution is -0.384. The SMILES string of the molecule is O=C(COc1ccc([N+](=O)[O-])cc1)Nc1ccc(-c2nc3ccccc3o2)cc1. The van der Waals surface area contributed by atoms with Crippen molar-refractivity contribution in [1.29, 1.82) is 0 Å². The molecule has 0 bridgehead atoms. The minimum atomic E-state index is -0.499. The van der Waals surface area contributed by atoms with Crippen molar-refractivity contribution in [3.05, 3.63) is 82.9 Å². The van der Waals surface area contributed by atoms with Crippen LogP contribution < -0.4 is 10.1 Å². The van der Waals surface area contributed by atoms with Gasteiger partial charge in [0, 0.05) is 23.4 Å². The molecule has 4 aromatic rings. The Morgan fingerprint density at radius 3 is 2.45 bits per heavy atom. The van der Waals surface area contributed by atoms with Crippen LogP contribution in [0.25, 0.3) is 22.6 Å². The summed E-state index contributed by atoms with van der Waals surface area (Å²) in [5, 5.41) is 13.4. The number of amides is 1. The van der Waals surface area contributed by atoms with Crippen molar-refractivity contribution in [2.24, 2.45) is 0 Å². The Hall–Kier alpha value is -4.20. The quantitative estimate of drug-likeness (QED) is 0.386. The first-order chi connectivity index (χ1) is 14.1. The smallest absolute Gasteiger partial charge is 0.269 e. The first-order valence-electron chi connectivity index (χ1n) is 8.71. The van der Waals surface area contributed by atoms with E-state index in [1.165, 1.54) is 24.3 Å². The van der Waals surface area contributed by atoms with Crippen LogP contribution in [0.15, 0.2) is 77.2 Å². The van der Waals surface area contributed by atoms with Crippen LogP contribution in [0.2, 0.25) is 0 Å². The van der Waals surface area contributed by atoms with E-state index in [0.29, 0.717) is 22.9 Å². The van der Waals surface area contributed by atoms with E-state index in [2.05, 4.69) is 10.3 Å². The van der Waals surface area contributed by atoms with Gasteiger partial charge in [0.15, 0.2) is 12.2 Å². The first-order valence-corrected chi connectivity index (χ1v) is 8.71. The minimum absolute atomic E-state index is 0.0409. The Kier molecular flexibility index (Phi) is 4.90. The molecule has 0 aliphatic heterocycles. The summed E-state index contributed by atoms with van der Waals surface area (Å²) in [6.07, 6.45) is 0. The Morgan fingerprint density at radius 1 is 1.03 bits per heavy atom. The third-order valence-electron chi connectivity index (χ3n) is 4.13. The van der Waals surface area contributed by atoms with Gasteiger partial charge in [-0.1, -0.05) is 12.1 Å². The number of nitro groups is 1. The van der Waals surface area contributed by atoms with Crippen molar-refractivity contribution in [3.8, 4) is 17.2 Å². The number of rotatable bonds is 6. The molecule has 144 valence electrons. The van der Waals surface area contributed by atoms with Gasteiger partial charge in [-0.3, -0.25) is 14.9 Å². The fourth-order valence-electron chi connectivity index (χ4n) is 2.70. The summed E-state index contributed by atoms with van der Waals surface area (Å²) < 4.78 is 11.1. The topological polar surface area (TPSA) is 108 Å². The van der Waals surface area contributed by atoms with Crippen molar-refractivity contribution in [2.45, 2.75) is 0 Å². The Labute approximate surface area is 164 Å². The van der Waals surface area contributed by atoms with Crippen molar-refractivity contribution in [3.63, 3.8) is 0 Å². The second-order valence-electron chi connectivity index (χ2n) is 6.15. The van der Waals surface area contributed by atoms with Crippen LogP contribution >= 0.6 is 0 Å². The molecule has 3 aromatic carbocycles. The number of benzene rings is 3. The monoisotopic (exact) mass is 389 g/mol. The zero-order valence-corrected chi connectivity index (χ0v) is 15.1. The average Bonchev–Trinajstić information content (AvgIpc) is 3.17. The van der Waals surface area contributed by atoms with Crippen molar-refractivity contribution < 1.29 is 18.9 Å². The van der Waals surface area contributed by atoms with E-state index < -0.39 is 4.92 Å². The summed E-state index contributed by atoms with van der Waals surface area (Å²) >= 11 is 0. The molecule has 8 nitrogen and oxygen atoms in total. The molecule has 0 fully saturated rings. The number of hydrogen-bond donors (Lipinski definition) is 1. The summed E-state index contributed by atoms with van der Waals surface area (Å²) in [5.41, 5.74) is 2.84. The number of anilines is 1. The lowest BCUT2D eigenvalue weighted by Crippen LogP contribution is -2.20. The van der Waals surface area contributed by atoms with Crippen LogP contribution in [0, 0.1) is 10.1 Å². The second-order valence-corrected chi connectivity index (χ2v) is 6.15. The fourth-order valence-corrected chi connectivity index (χ4v) is 2.70. The van der Waals surface area contributed by atoms with Crippen LogP contribution in [0.5, 0.6) is 5.75 Å². The molecule has 0 unspecified atom stereocenters. The van der Waals surface area contributed by atoms with Gasteiger partial charge in [-0.2, -0.15) is 0 Å². The molecule has 1 aromatic heterocycles. The predicted octanol–water partition coefficient (Wildman–Crippen LogP) is 4.42. The molecule has 1 N–H and O–H groups in total. The van der Waals surface area contributed by atoms with Crippen LogP contribution in [0.4, 0.5) is 11.4 Å². The van der Waals surface area contributed by atoms with Gasteiger partial charge in [-0.05, 0) is 48.5 Å². The number of fused-ring (bicyclic) bond motifs is 1. The van der Waals surface area contributed by atoms with Gasteiger partial charge in [-0.25, -0.2) is 4.98 Å². The molecule has 1 amide bonds. The van der Waals surface area contributed by atoms with Gasteiger partial charge >= 0.3 is 0 Å². The lowest BCUT2D eigenvalue weighted by Gasteiger charge is -2.07. The van der Waals surface area contributed by atoms with Gasteiger partial charge in [0.1, 0.15) is 11.3 Å². The third-order valence-corrected chi connectivity index (χ3v) is 4.13. The molecule has 0 aliphatic rings. The number of carbonyl (C=O) groups is 1. The summed E-state index contributed by atoms with van der Waals surface area (Å²) in [7, 11) is 0. The van der Waals surface area contributed by atoms with E-state index in [1.54, 1.807) is 24.3 Å². The number of non-ortho nitro benzene ring substituents is 1. The largest absolute Gasteiger partial charge is 0.484 e. The standard InChI is InChI=1S/C21H15N3O5/c25-20(13-28-17-11-9-16(10-12-17)24(26)27)22-15-7-5-14(6-8-15)21-23-18-3-1-2-4-19(18)29-21/h1-12H,13H2,(H,22,25). The number of carbonyl (C=O) groups excluding carboxylic acids is 1.